The van der Waals surface area contributed by atoms with Gasteiger partial charge in [0.2, 0.25) is 11.0 Å². The van der Waals surface area contributed by atoms with Crippen LogP contribution in [-0.2, 0) is 17.8 Å². The maximum absolute atomic E-state index is 12.3. The van der Waals surface area contributed by atoms with E-state index >= 15 is 0 Å². The molecule has 25 heavy (non-hydrogen) atoms. The molecule has 7 heteroatoms. The fourth-order valence-corrected chi connectivity index (χ4v) is 4.09. The van der Waals surface area contributed by atoms with E-state index in [0.717, 1.165) is 41.1 Å². The first kappa shape index (κ1) is 16.2. The van der Waals surface area contributed by atoms with E-state index in [1.165, 1.54) is 30.6 Å². The lowest BCUT2D eigenvalue weighted by atomic mass is 10.1. The molecule has 0 unspecified atom stereocenters. The van der Waals surface area contributed by atoms with Gasteiger partial charge in [-0.2, -0.15) is 0 Å². The number of amides is 1. The van der Waals surface area contributed by atoms with Crippen molar-refractivity contribution >= 4 is 33.3 Å². The van der Waals surface area contributed by atoms with E-state index in [2.05, 4.69) is 25.4 Å². The number of carbonyl (C=O) groups excluding carboxylic acids is 1. The summed E-state index contributed by atoms with van der Waals surface area (Å²) in [4.78, 5) is 17.9. The highest BCUT2D eigenvalue weighted by Crippen LogP contribution is 2.21. The van der Waals surface area contributed by atoms with Gasteiger partial charge in [0.25, 0.3) is 0 Å². The third-order valence-corrected chi connectivity index (χ3v) is 5.37. The highest BCUT2D eigenvalue weighted by atomic mass is 32.1. The van der Waals surface area contributed by atoms with Crippen LogP contribution in [0.1, 0.15) is 29.8 Å². The largest absolute Gasteiger partial charge is 0.361 e. The van der Waals surface area contributed by atoms with Crippen LogP contribution in [0.4, 0.5) is 5.13 Å². The number of nitrogens with zero attached hydrogens (tertiary/aromatic N) is 3. The minimum absolute atomic E-state index is 0.0644. The van der Waals surface area contributed by atoms with E-state index in [4.69, 9.17) is 0 Å². The van der Waals surface area contributed by atoms with Gasteiger partial charge in [-0.15, -0.1) is 10.2 Å². The molecule has 2 aromatic heterocycles. The van der Waals surface area contributed by atoms with Crippen molar-refractivity contribution in [2.75, 3.05) is 18.4 Å². The van der Waals surface area contributed by atoms with Crippen molar-refractivity contribution in [2.45, 2.75) is 32.2 Å². The number of hydrogen-bond donors (Lipinski definition) is 2. The van der Waals surface area contributed by atoms with E-state index in [1.54, 1.807) is 0 Å². The van der Waals surface area contributed by atoms with Crippen LogP contribution >= 0.6 is 11.3 Å². The van der Waals surface area contributed by atoms with Crippen molar-refractivity contribution in [2.24, 2.45) is 0 Å². The van der Waals surface area contributed by atoms with Crippen molar-refractivity contribution in [3.8, 4) is 0 Å². The van der Waals surface area contributed by atoms with Gasteiger partial charge in [-0.1, -0.05) is 36.0 Å². The molecule has 1 aliphatic heterocycles. The maximum Gasteiger partial charge on any atom is 0.230 e. The Hall–Kier alpha value is -2.25. The third-order valence-electron chi connectivity index (χ3n) is 4.55. The summed E-state index contributed by atoms with van der Waals surface area (Å²) in [6, 6.07) is 7.99. The zero-order chi connectivity index (χ0) is 17.1. The Morgan fingerprint density at radius 2 is 2.04 bits per heavy atom. The average Bonchev–Trinajstić information content (AvgIpc) is 3.23. The number of aromatic amines is 1. The first-order chi connectivity index (χ1) is 12.3. The van der Waals surface area contributed by atoms with Crippen LogP contribution in [0.25, 0.3) is 10.9 Å². The highest BCUT2D eigenvalue weighted by molar-refractivity contribution is 7.15. The summed E-state index contributed by atoms with van der Waals surface area (Å²) in [5.41, 5.74) is 2.04. The number of fused-ring (bicyclic) bond motifs is 1. The molecule has 0 spiro atoms. The Balaban J connectivity index is 1.36. The smallest absolute Gasteiger partial charge is 0.230 e. The zero-order valence-electron chi connectivity index (χ0n) is 14.0. The molecule has 0 aliphatic carbocycles. The molecule has 1 saturated heterocycles. The van der Waals surface area contributed by atoms with Crippen molar-refractivity contribution in [1.82, 2.24) is 20.1 Å². The second-order valence-corrected chi connectivity index (χ2v) is 7.48. The van der Waals surface area contributed by atoms with E-state index in [1.807, 2.05) is 30.5 Å². The summed E-state index contributed by atoms with van der Waals surface area (Å²) in [5.74, 6) is -0.0644. The fraction of sp³-hybridized carbons (Fsp3) is 0.389. The number of carbonyl (C=O) groups is 1. The lowest BCUT2D eigenvalue weighted by Gasteiger charge is -2.24. The molecular formula is C18H21N5OS. The SMILES string of the molecule is O=C(Cc1c[nH]c2ccccc12)Nc1nnc(CN2CCCCC2)s1. The molecule has 130 valence electrons. The second-order valence-electron chi connectivity index (χ2n) is 6.42. The number of hydrogen-bond acceptors (Lipinski definition) is 5. The molecule has 1 aromatic carbocycles. The van der Waals surface area contributed by atoms with Gasteiger partial charge in [-0.3, -0.25) is 9.69 Å². The number of piperidine rings is 1. The van der Waals surface area contributed by atoms with Gasteiger partial charge < -0.3 is 10.3 Å². The van der Waals surface area contributed by atoms with Crippen LogP contribution in [0.15, 0.2) is 30.5 Å². The lowest BCUT2D eigenvalue weighted by Crippen LogP contribution is -2.28. The summed E-state index contributed by atoms with van der Waals surface area (Å²) in [6.07, 6.45) is 6.05. The second kappa shape index (κ2) is 7.33. The predicted molar refractivity (Wildman–Crippen MR) is 99.7 cm³/mol. The normalized spacial score (nSPS) is 15.5. The Bertz CT molecular complexity index is 865. The van der Waals surface area contributed by atoms with Crippen LogP contribution in [0, 0.1) is 0 Å². The number of H-pyrrole nitrogens is 1. The van der Waals surface area contributed by atoms with Gasteiger partial charge in [-0.05, 0) is 37.6 Å². The van der Waals surface area contributed by atoms with Crippen LogP contribution in [0.5, 0.6) is 0 Å². The standard InChI is InChI=1S/C18H21N5OS/c24-16(10-13-11-19-15-7-3-2-6-14(13)15)20-18-22-21-17(25-18)12-23-8-4-1-5-9-23/h2-3,6-7,11,19H,1,4-5,8-10,12H2,(H,20,22,24). The molecule has 0 bridgehead atoms. The molecule has 2 N–H and O–H groups in total. The van der Waals surface area contributed by atoms with Gasteiger partial charge in [0.15, 0.2) is 0 Å². The van der Waals surface area contributed by atoms with Crippen molar-refractivity contribution < 1.29 is 4.79 Å². The van der Waals surface area contributed by atoms with Gasteiger partial charge in [-0.25, -0.2) is 0 Å². The Labute approximate surface area is 150 Å². The number of rotatable bonds is 5. The summed E-state index contributed by atoms with van der Waals surface area (Å²) >= 11 is 1.47. The lowest BCUT2D eigenvalue weighted by molar-refractivity contribution is -0.115. The molecule has 1 aliphatic rings. The number of aromatic nitrogens is 3. The maximum atomic E-state index is 12.3. The quantitative estimate of drug-likeness (QED) is 0.737. The van der Waals surface area contributed by atoms with E-state index < -0.39 is 0 Å². The van der Waals surface area contributed by atoms with Gasteiger partial charge >= 0.3 is 0 Å². The zero-order valence-corrected chi connectivity index (χ0v) is 14.8. The number of benzene rings is 1. The number of nitrogens with one attached hydrogen (secondary N) is 2. The molecule has 3 aromatic rings. The number of para-hydroxylation sites is 1. The Kier molecular flexibility index (Phi) is 4.76. The monoisotopic (exact) mass is 355 g/mol. The first-order valence-electron chi connectivity index (χ1n) is 8.67. The molecule has 1 fully saturated rings. The summed E-state index contributed by atoms with van der Waals surface area (Å²) in [6.45, 7) is 3.08. The molecule has 1 amide bonds. The molecule has 6 nitrogen and oxygen atoms in total. The van der Waals surface area contributed by atoms with Crippen LogP contribution < -0.4 is 5.32 Å². The molecule has 0 atom stereocenters. The molecule has 0 saturated carbocycles. The Morgan fingerprint density at radius 1 is 1.20 bits per heavy atom. The third kappa shape index (κ3) is 3.88. The van der Waals surface area contributed by atoms with Gasteiger partial charge in [0.1, 0.15) is 5.01 Å². The van der Waals surface area contributed by atoms with Crippen LogP contribution in [-0.4, -0.2) is 39.1 Å². The van der Waals surface area contributed by atoms with E-state index in [0.29, 0.717) is 11.6 Å². The van der Waals surface area contributed by atoms with Crippen LogP contribution in [0.3, 0.4) is 0 Å². The van der Waals surface area contributed by atoms with Gasteiger partial charge in [0, 0.05) is 17.1 Å². The summed E-state index contributed by atoms with van der Waals surface area (Å²) in [7, 11) is 0. The predicted octanol–water partition coefficient (Wildman–Crippen LogP) is 3.19. The minimum Gasteiger partial charge on any atom is -0.361 e. The average molecular weight is 355 g/mol. The molecule has 0 radical (unpaired) electrons. The van der Waals surface area contributed by atoms with Crippen molar-refractivity contribution in [1.29, 1.82) is 0 Å². The highest BCUT2D eigenvalue weighted by Gasteiger charge is 2.15. The molecule has 4 rings (SSSR count). The topological polar surface area (TPSA) is 73.9 Å². The van der Waals surface area contributed by atoms with Crippen LogP contribution in [0.2, 0.25) is 0 Å². The fourth-order valence-electron chi connectivity index (χ4n) is 3.29. The minimum atomic E-state index is -0.0644. The molecule has 3 heterocycles. The number of likely N-dealkylation sites (tertiary alicyclic amines) is 1. The first-order valence-corrected chi connectivity index (χ1v) is 9.49. The van der Waals surface area contributed by atoms with Crippen molar-refractivity contribution in [3.63, 3.8) is 0 Å². The number of anilines is 1. The summed E-state index contributed by atoms with van der Waals surface area (Å²) < 4.78 is 0. The van der Waals surface area contributed by atoms with Crippen molar-refractivity contribution in [3.05, 3.63) is 41.0 Å². The van der Waals surface area contributed by atoms with E-state index in [-0.39, 0.29) is 5.91 Å². The summed E-state index contributed by atoms with van der Waals surface area (Å²) in [5, 5.41) is 13.8. The molecular weight excluding hydrogens is 334 g/mol. The Morgan fingerprint density at radius 3 is 2.92 bits per heavy atom. The van der Waals surface area contributed by atoms with E-state index in [9.17, 15) is 4.79 Å². The van der Waals surface area contributed by atoms with Gasteiger partial charge in [0.05, 0.1) is 13.0 Å².